The maximum atomic E-state index is 14.6. The lowest BCUT2D eigenvalue weighted by molar-refractivity contribution is 0.146. The van der Waals surface area contributed by atoms with E-state index >= 15 is 0 Å². The lowest BCUT2D eigenvalue weighted by atomic mass is 9.79. The van der Waals surface area contributed by atoms with Crippen molar-refractivity contribution in [2.24, 2.45) is 0 Å². The number of alkyl halides is 8. The first-order valence-electron chi connectivity index (χ1n) is 40.1. The zero-order valence-electron chi connectivity index (χ0n) is 67.7. The first-order chi connectivity index (χ1) is 62.3. The molecule has 0 atom stereocenters. The molecule has 20 rings (SSSR count). The summed E-state index contributed by atoms with van der Waals surface area (Å²) in [4.78, 5) is 49.4. The molecular formula is C89H71BBrF12IN16O8S. The average molecular weight is 1970 g/mol. The molecule has 0 amide bonds. The molecule has 16 aromatic rings. The van der Waals surface area contributed by atoms with Crippen LogP contribution in [-0.2, 0) is 86.9 Å². The standard InChI is InChI=1S/C23H19F3N4O3S.C22H16F3IN4O.C22H17F3N4O.C16H13BrFN3O.C6H6BF2NO2/c1-34(31,32)23-21-16(15-3-2-9-27-20(15)22(25)26)11-28-19(30(21)12-29-23)7-4-13-14-8-10-33-18(14)6-5-17(13)24;23-16-4-5-17-13(7-9-31-17)12(16)3-6-18-28-10-15(20-22(26)29-11-30(18)20)14-2-1-8-27-19(14)21(24)25;23-17-4-5-19-14(7-9-30-19)13(17)3-6-20-28-10-16(18-11-26-12-29(18)20)15-2-1-8-27-21(15)22(24)25;17-12-7-20-16(21-9-19-8-14(12)21)4-1-10-11-5-6-22-15(11)3-2-13(10)18;8-6(9)5-4(7(11)12)2-1-3-10-5/h2-3,5-6,9,11-12,22H,4,7-8,10H2,1H3;1-2,4-5,8,10-11,21H,3,6-7,9H2;1-2,4-5,8,10-12,22H,3,6-7,9H2;2-3,7-9H,1,4-6H2;1-3,6,11-12H. The third kappa shape index (κ3) is 19.0. The molecule has 12 aromatic heterocycles. The molecule has 4 aliphatic rings. The molecule has 2 N–H and O–H groups in total. The smallest absolute Gasteiger partial charge is 0.490 e. The molecule has 662 valence electrons. The van der Waals surface area contributed by atoms with Crippen LogP contribution in [0.5, 0.6) is 23.0 Å². The van der Waals surface area contributed by atoms with Crippen molar-refractivity contribution in [3.05, 3.63) is 306 Å². The molecule has 0 unspecified atom stereocenters. The van der Waals surface area contributed by atoms with E-state index < -0.39 is 54.0 Å². The minimum absolute atomic E-state index is 0.0658. The van der Waals surface area contributed by atoms with Gasteiger partial charge in [-0.2, -0.15) is 0 Å². The quantitative estimate of drug-likeness (QED) is 0.0384. The minimum atomic E-state index is -3.79. The normalized spacial score (nSPS) is 13.0. The van der Waals surface area contributed by atoms with Crippen LogP contribution in [0.2, 0.25) is 0 Å². The predicted octanol–water partition coefficient (Wildman–Crippen LogP) is 16.8. The van der Waals surface area contributed by atoms with Gasteiger partial charge < -0.3 is 29.0 Å². The Morgan fingerprint density at radius 3 is 1.13 bits per heavy atom. The van der Waals surface area contributed by atoms with Crippen LogP contribution in [0.3, 0.4) is 0 Å². The molecule has 4 aromatic carbocycles. The largest absolute Gasteiger partial charge is 0.493 e. The number of benzene rings is 4. The van der Waals surface area contributed by atoms with Crippen molar-refractivity contribution in [1.82, 2.24) is 77.4 Å². The molecule has 4 aliphatic heterocycles. The summed E-state index contributed by atoms with van der Waals surface area (Å²) < 4.78 is 219. The minimum Gasteiger partial charge on any atom is -0.493 e. The fourth-order valence-corrected chi connectivity index (χ4v) is 18.0. The third-order valence-electron chi connectivity index (χ3n) is 22.1. The topological polar surface area (TPSA) is 284 Å². The zero-order chi connectivity index (χ0) is 90.5. The van der Waals surface area contributed by atoms with Gasteiger partial charge in [0.05, 0.1) is 65.4 Å². The van der Waals surface area contributed by atoms with Crippen molar-refractivity contribution in [2.75, 3.05) is 32.7 Å². The highest BCUT2D eigenvalue weighted by atomic mass is 127. The maximum Gasteiger partial charge on any atom is 0.490 e. The molecule has 0 spiro atoms. The van der Waals surface area contributed by atoms with E-state index in [-0.39, 0.29) is 68.2 Å². The Hall–Kier alpha value is -12.5. The molecule has 0 fully saturated rings. The summed E-state index contributed by atoms with van der Waals surface area (Å²) in [5.41, 5.74) is 8.61. The van der Waals surface area contributed by atoms with E-state index in [0.717, 1.165) is 73.6 Å². The van der Waals surface area contributed by atoms with Crippen LogP contribution < -0.4 is 24.4 Å². The fraction of sp³-hybridized carbons (Fsp3) is 0.236. The molecule has 24 nitrogen and oxygen atoms in total. The second kappa shape index (κ2) is 39.2. The lowest BCUT2D eigenvalue weighted by Crippen LogP contribution is -2.33. The summed E-state index contributed by atoms with van der Waals surface area (Å²) in [5, 5.41) is 17.0. The van der Waals surface area contributed by atoms with E-state index in [1.165, 1.54) is 90.2 Å². The first kappa shape index (κ1) is 89.8. The second-order valence-electron chi connectivity index (χ2n) is 29.6. The van der Waals surface area contributed by atoms with Crippen molar-refractivity contribution in [3.8, 4) is 56.4 Å². The van der Waals surface area contributed by atoms with Gasteiger partial charge in [0.2, 0.25) is 0 Å². The van der Waals surface area contributed by atoms with Crippen LogP contribution in [0.15, 0.2) is 194 Å². The Morgan fingerprint density at radius 2 is 0.736 bits per heavy atom. The van der Waals surface area contributed by atoms with Crippen LogP contribution in [0, 0.1) is 27.0 Å². The number of fused-ring (bicyclic) bond motifs is 8. The SMILES string of the molecule is CS(=O)(=O)c1ncn2c(CCc3c(F)ccc4c3CCO4)ncc(-c3cccnc3C(F)F)c12.Fc1ccc2c(c1CCc1ncc(-c3cccnc3C(F)F)c3c(I)ncn13)CCO2.Fc1ccc2c(c1CCc1ncc(-c3cccnc3C(F)F)c3cncn13)CCO2.Fc1ccc2c(c1CCc1ncc(Br)c3cncn13)CCO2.OB(O)c1cccnc1C(F)F. The number of aryl methyl sites for hydroxylation is 4. The summed E-state index contributed by atoms with van der Waals surface area (Å²) in [6.45, 7) is 2.23. The zero-order valence-corrected chi connectivity index (χ0v) is 72.3. The molecule has 0 radical (unpaired) electrons. The second-order valence-corrected chi connectivity index (χ2v) is 33.5. The Morgan fingerprint density at radius 1 is 0.395 bits per heavy atom. The number of nitrogens with zero attached hydrogens (tertiary/aromatic N) is 16. The van der Waals surface area contributed by atoms with Crippen molar-refractivity contribution < 1.29 is 90.1 Å². The molecule has 40 heteroatoms. The van der Waals surface area contributed by atoms with Gasteiger partial charge in [0, 0.05) is 168 Å². The van der Waals surface area contributed by atoms with Crippen LogP contribution in [-0.4, -0.2) is 136 Å². The van der Waals surface area contributed by atoms with Crippen LogP contribution in [0.25, 0.3) is 55.4 Å². The Labute approximate surface area is 749 Å². The fourth-order valence-electron chi connectivity index (χ4n) is 16.2. The maximum absolute atomic E-state index is 14.6. The van der Waals surface area contributed by atoms with Gasteiger partial charge in [0.1, 0.15) is 121 Å². The van der Waals surface area contributed by atoms with Crippen molar-refractivity contribution in [1.29, 1.82) is 0 Å². The highest BCUT2D eigenvalue weighted by Crippen LogP contribution is 2.41. The number of hydrogen-bond acceptors (Lipinski definition) is 20. The van der Waals surface area contributed by atoms with Crippen LogP contribution in [0.4, 0.5) is 52.7 Å². The predicted molar refractivity (Wildman–Crippen MR) is 461 cm³/mol. The van der Waals surface area contributed by atoms with Gasteiger partial charge in [-0.25, -0.2) is 101 Å². The summed E-state index contributed by atoms with van der Waals surface area (Å²) in [6, 6.07) is 24.3. The van der Waals surface area contributed by atoms with Gasteiger partial charge in [-0.1, -0.05) is 24.3 Å². The molecular weight excluding hydrogens is 1900 g/mol. The van der Waals surface area contributed by atoms with Gasteiger partial charge in [0.15, 0.2) is 14.9 Å². The van der Waals surface area contributed by atoms with Crippen molar-refractivity contribution in [3.63, 3.8) is 0 Å². The van der Waals surface area contributed by atoms with E-state index in [2.05, 4.69) is 98.3 Å². The summed E-state index contributed by atoms with van der Waals surface area (Å²) in [5.74, 6) is 4.54. The molecule has 0 saturated heterocycles. The molecule has 129 heavy (non-hydrogen) atoms. The third-order valence-corrected chi connectivity index (χ3v) is 24.5. The number of hydrogen-bond donors (Lipinski definition) is 2. The van der Waals surface area contributed by atoms with Gasteiger partial charge >= 0.3 is 7.12 Å². The molecule has 0 bridgehead atoms. The number of sulfone groups is 1. The van der Waals surface area contributed by atoms with E-state index in [9.17, 15) is 61.1 Å². The monoisotopic (exact) mass is 1970 g/mol. The van der Waals surface area contributed by atoms with E-state index in [1.807, 2.05) is 4.40 Å². The van der Waals surface area contributed by atoms with E-state index in [4.69, 9.17) is 29.0 Å². The van der Waals surface area contributed by atoms with Crippen molar-refractivity contribution in [2.45, 2.75) is 108 Å². The Balaban J connectivity index is 0.000000122. The van der Waals surface area contributed by atoms with Crippen LogP contribution >= 0.6 is 38.5 Å². The summed E-state index contributed by atoms with van der Waals surface area (Å²) in [6.07, 6.45) is 17.3. The number of ether oxygens (including phenoxy) is 4. The lowest BCUT2D eigenvalue weighted by Gasteiger charge is -2.13. The average Bonchev–Trinajstić information content (AvgIpc) is 1.60. The van der Waals surface area contributed by atoms with Crippen LogP contribution in [0.1, 0.15) is 116 Å². The Kier molecular flexibility index (Phi) is 27.3. The highest BCUT2D eigenvalue weighted by Gasteiger charge is 2.31. The number of imidazole rings is 4. The van der Waals surface area contributed by atoms with Gasteiger partial charge in [-0.15, -0.1) is 0 Å². The van der Waals surface area contributed by atoms with Crippen molar-refractivity contribution >= 4 is 83.0 Å². The Bertz CT molecular complexity index is 6980. The molecule has 16 heterocycles. The van der Waals surface area contributed by atoms with E-state index in [0.29, 0.717) is 168 Å². The van der Waals surface area contributed by atoms with E-state index in [1.54, 1.807) is 107 Å². The first-order valence-corrected chi connectivity index (χ1v) is 43.9. The highest BCUT2D eigenvalue weighted by molar-refractivity contribution is 14.1. The van der Waals surface area contributed by atoms with Gasteiger partial charge in [-0.05, 0) is 159 Å². The van der Waals surface area contributed by atoms with Gasteiger partial charge in [0.25, 0.3) is 25.7 Å². The number of pyridine rings is 4. The summed E-state index contributed by atoms with van der Waals surface area (Å²) >= 11 is 5.54. The molecule has 0 saturated carbocycles. The summed E-state index contributed by atoms with van der Waals surface area (Å²) in [7, 11) is -5.69. The number of aromatic nitrogens is 16. The van der Waals surface area contributed by atoms with Gasteiger partial charge in [-0.3, -0.25) is 37.5 Å². The molecule has 0 aliphatic carbocycles. The number of rotatable bonds is 21. The number of halogens is 14.